The van der Waals surface area contributed by atoms with Crippen molar-refractivity contribution in [3.63, 3.8) is 0 Å². The fourth-order valence-corrected chi connectivity index (χ4v) is 3.58. The Labute approximate surface area is 152 Å². The Bertz CT molecular complexity index is 783. The number of carbonyl (C=O) groups is 1. The summed E-state index contributed by atoms with van der Waals surface area (Å²) in [6, 6.07) is 7.82. The van der Waals surface area contributed by atoms with Crippen LogP contribution in [0.3, 0.4) is 0 Å². The molecule has 2 aliphatic rings. The first-order chi connectivity index (χ1) is 12.7. The molecule has 2 aliphatic heterocycles. The molecule has 1 atom stereocenters. The van der Waals surface area contributed by atoms with Crippen LogP contribution >= 0.6 is 0 Å². The van der Waals surface area contributed by atoms with Crippen molar-refractivity contribution < 1.29 is 14.3 Å². The van der Waals surface area contributed by atoms with Crippen molar-refractivity contribution in [3.8, 4) is 5.75 Å². The predicted molar refractivity (Wildman–Crippen MR) is 97.3 cm³/mol. The molecule has 3 heterocycles. The Hall–Kier alpha value is -2.54. The maximum absolute atomic E-state index is 12.7. The third-order valence-corrected chi connectivity index (χ3v) is 5.12. The molecule has 1 aromatic carbocycles. The van der Waals surface area contributed by atoms with Crippen LogP contribution in [-0.2, 0) is 24.2 Å². The number of ether oxygens (including phenoxy) is 2. The van der Waals surface area contributed by atoms with E-state index in [1.807, 2.05) is 27.8 Å². The third-order valence-electron chi connectivity index (χ3n) is 5.12. The molecule has 7 heteroatoms. The monoisotopic (exact) mass is 356 g/mol. The molecule has 1 N–H and O–H groups in total. The maximum Gasteiger partial charge on any atom is 0.323 e. The van der Waals surface area contributed by atoms with Gasteiger partial charge in [-0.05, 0) is 36.1 Å². The maximum atomic E-state index is 12.7. The molecule has 1 fully saturated rings. The molecule has 7 nitrogen and oxygen atoms in total. The summed E-state index contributed by atoms with van der Waals surface area (Å²) in [4.78, 5) is 14.6. The van der Waals surface area contributed by atoms with E-state index in [1.54, 1.807) is 13.3 Å². The lowest BCUT2D eigenvalue weighted by atomic mass is 10.00. The van der Waals surface area contributed by atoms with Crippen molar-refractivity contribution in [3.05, 3.63) is 41.6 Å². The normalized spacial score (nSPS) is 19.3. The van der Waals surface area contributed by atoms with Gasteiger partial charge in [-0.25, -0.2) is 9.48 Å². The van der Waals surface area contributed by atoms with E-state index in [9.17, 15) is 4.79 Å². The fourth-order valence-electron chi connectivity index (χ4n) is 3.58. The van der Waals surface area contributed by atoms with Gasteiger partial charge in [0.2, 0.25) is 0 Å². The number of rotatable bonds is 4. The van der Waals surface area contributed by atoms with Gasteiger partial charge in [0.1, 0.15) is 11.6 Å². The average molecular weight is 356 g/mol. The van der Waals surface area contributed by atoms with Crippen LogP contribution in [0.25, 0.3) is 0 Å². The molecule has 26 heavy (non-hydrogen) atoms. The zero-order chi connectivity index (χ0) is 17.9. The summed E-state index contributed by atoms with van der Waals surface area (Å²) in [5.74, 6) is 2.01. The number of fused-ring (bicyclic) bond motifs is 1. The molecule has 138 valence electrons. The highest BCUT2D eigenvalue weighted by atomic mass is 16.5. The van der Waals surface area contributed by atoms with E-state index in [-0.39, 0.29) is 6.03 Å². The largest absolute Gasteiger partial charge is 0.497 e. The first-order valence-corrected chi connectivity index (χ1v) is 9.04. The summed E-state index contributed by atoms with van der Waals surface area (Å²) in [5.41, 5.74) is 2.42. The number of nitrogens with zero attached hydrogens (tertiary/aromatic N) is 3. The van der Waals surface area contributed by atoms with Crippen LogP contribution in [-0.4, -0.2) is 47.6 Å². The van der Waals surface area contributed by atoms with E-state index in [2.05, 4.69) is 16.5 Å². The number of hydrogen-bond donors (Lipinski definition) is 1. The second-order valence-corrected chi connectivity index (χ2v) is 6.86. The van der Waals surface area contributed by atoms with E-state index in [0.29, 0.717) is 19.0 Å². The predicted octanol–water partition coefficient (Wildman–Crippen LogP) is 2.52. The van der Waals surface area contributed by atoms with E-state index in [1.165, 1.54) is 5.56 Å². The topological polar surface area (TPSA) is 68.6 Å². The Morgan fingerprint density at radius 1 is 1.38 bits per heavy atom. The van der Waals surface area contributed by atoms with Gasteiger partial charge in [-0.15, -0.1) is 0 Å². The van der Waals surface area contributed by atoms with E-state index >= 15 is 0 Å². The number of hydrogen-bond acceptors (Lipinski definition) is 4. The van der Waals surface area contributed by atoms with Crippen molar-refractivity contribution in [1.29, 1.82) is 0 Å². The molecule has 1 aromatic heterocycles. The molecule has 0 spiro atoms. The highest BCUT2D eigenvalue weighted by Crippen LogP contribution is 2.24. The number of nitrogens with one attached hydrogen (secondary N) is 1. The van der Waals surface area contributed by atoms with Crippen molar-refractivity contribution in [2.24, 2.45) is 5.92 Å². The Morgan fingerprint density at radius 2 is 2.31 bits per heavy atom. The average Bonchev–Trinajstić information content (AvgIpc) is 3.33. The van der Waals surface area contributed by atoms with Gasteiger partial charge in [0.15, 0.2) is 0 Å². The minimum Gasteiger partial charge on any atom is -0.497 e. The van der Waals surface area contributed by atoms with Gasteiger partial charge >= 0.3 is 6.03 Å². The summed E-state index contributed by atoms with van der Waals surface area (Å²) in [7, 11) is 1.66. The van der Waals surface area contributed by atoms with Crippen LogP contribution in [0.4, 0.5) is 10.6 Å². The van der Waals surface area contributed by atoms with Gasteiger partial charge in [0.25, 0.3) is 0 Å². The minimum absolute atomic E-state index is 0.0945. The standard InChI is InChI=1S/C19H24N4O3/c1-25-17-3-2-15-5-8-22(12-16(15)10-17)19(24)21-18-4-7-20-23(18)11-14-6-9-26-13-14/h2-4,7,10,14H,5-6,8-9,11-13H2,1H3,(H,21,24). The number of amides is 2. The second kappa shape index (κ2) is 7.37. The molecule has 4 rings (SSSR count). The van der Waals surface area contributed by atoms with Gasteiger partial charge < -0.3 is 14.4 Å². The number of urea groups is 1. The van der Waals surface area contributed by atoms with E-state index in [4.69, 9.17) is 9.47 Å². The quantitative estimate of drug-likeness (QED) is 0.914. The van der Waals surface area contributed by atoms with Gasteiger partial charge in [0.05, 0.1) is 19.9 Å². The summed E-state index contributed by atoms with van der Waals surface area (Å²) in [6.07, 6.45) is 3.62. The highest BCUT2D eigenvalue weighted by molar-refractivity contribution is 5.88. The number of benzene rings is 1. The van der Waals surface area contributed by atoms with Crippen molar-refractivity contribution in [2.75, 3.05) is 32.2 Å². The second-order valence-electron chi connectivity index (χ2n) is 6.86. The van der Waals surface area contributed by atoms with Crippen LogP contribution in [0, 0.1) is 5.92 Å². The molecule has 0 saturated carbocycles. The first kappa shape index (κ1) is 16.9. The summed E-state index contributed by atoms with van der Waals surface area (Å²) in [5, 5.41) is 7.36. The van der Waals surface area contributed by atoms with Gasteiger partial charge in [-0.3, -0.25) is 5.32 Å². The molecule has 0 bridgehead atoms. The lowest BCUT2D eigenvalue weighted by Crippen LogP contribution is -2.39. The van der Waals surface area contributed by atoms with E-state index < -0.39 is 0 Å². The van der Waals surface area contributed by atoms with E-state index in [0.717, 1.165) is 49.7 Å². The molecular weight excluding hydrogens is 332 g/mol. The third kappa shape index (κ3) is 3.53. The zero-order valence-electron chi connectivity index (χ0n) is 15.0. The zero-order valence-corrected chi connectivity index (χ0v) is 15.0. The summed E-state index contributed by atoms with van der Waals surface area (Å²) < 4.78 is 12.6. The summed E-state index contributed by atoms with van der Waals surface area (Å²) in [6.45, 7) is 3.63. The minimum atomic E-state index is -0.0945. The highest BCUT2D eigenvalue weighted by Gasteiger charge is 2.23. The van der Waals surface area contributed by atoms with Crippen LogP contribution < -0.4 is 10.1 Å². The number of methoxy groups -OCH3 is 1. The Kier molecular flexibility index (Phi) is 4.79. The van der Waals surface area contributed by atoms with Crippen LogP contribution in [0.15, 0.2) is 30.5 Å². The SMILES string of the molecule is COc1ccc2c(c1)CN(C(=O)Nc1ccnn1CC1CCOC1)CC2. The lowest BCUT2D eigenvalue weighted by Gasteiger charge is -2.29. The molecule has 0 radical (unpaired) electrons. The molecule has 1 unspecified atom stereocenters. The number of anilines is 1. The first-order valence-electron chi connectivity index (χ1n) is 9.04. The van der Waals surface area contributed by atoms with Crippen molar-refractivity contribution in [1.82, 2.24) is 14.7 Å². The molecule has 1 saturated heterocycles. The van der Waals surface area contributed by atoms with Crippen LogP contribution in [0.1, 0.15) is 17.5 Å². The summed E-state index contributed by atoms with van der Waals surface area (Å²) >= 11 is 0. The lowest BCUT2D eigenvalue weighted by molar-refractivity contribution is 0.181. The van der Waals surface area contributed by atoms with Gasteiger partial charge in [-0.2, -0.15) is 5.10 Å². The van der Waals surface area contributed by atoms with Gasteiger partial charge in [-0.1, -0.05) is 6.07 Å². The Balaban J connectivity index is 1.42. The number of aromatic nitrogens is 2. The van der Waals surface area contributed by atoms with Crippen LogP contribution in [0.5, 0.6) is 5.75 Å². The molecule has 2 amide bonds. The van der Waals surface area contributed by atoms with Crippen molar-refractivity contribution >= 4 is 11.8 Å². The molecular formula is C19H24N4O3. The Morgan fingerprint density at radius 3 is 3.12 bits per heavy atom. The van der Waals surface area contributed by atoms with Gasteiger partial charge in [0, 0.05) is 38.2 Å². The smallest absolute Gasteiger partial charge is 0.323 e. The molecule has 0 aliphatic carbocycles. The fraction of sp³-hybridized carbons (Fsp3) is 0.474. The number of carbonyl (C=O) groups excluding carboxylic acids is 1. The molecule has 2 aromatic rings. The van der Waals surface area contributed by atoms with Crippen LogP contribution in [0.2, 0.25) is 0 Å². The van der Waals surface area contributed by atoms with Crippen molar-refractivity contribution in [2.45, 2.75) is 25.9 Å².